The Labute approximate surface area is 80.2 Å². The molecule has 0 saturated carbocycles. The van der Waals surface area contributed by atoms with Crippen LogP contribution in [0.2, 0.25) is 0 Å². The molecule has 0 atom stereocenters. The van der Waals surface area contributed by atoms with Crippen LogP contribution in [0.4, 0.5) is 0 Å². The van der Waals surface area contributed by atoms with Crippen LogP contribution in [-0.4, -0.2) is 21.8 Å². The molecule has 1 N–H and O–H groups in total. The summed E-state index contributed by atoms with van der Waals surface area (Å²) in [7, 11) is 0. The van der Waals surface area contributed by atoms with Gasteiger partial charge >= 0.3 is 5.97 Å². The van der Waals surface area contributed by atoms with E-state index in [1.807, 2.05) is 0 Å². The Hall–Kier alpha value is -1.47. The van der Waals surface area contributed by atoms with E-state index in [2.05, 4.69) is 10.9 Å². The molecule has 1 heterocycles. The van der Waals surface area contributed by atoms with Gasteiger partial charge in [0.2, 0.25) is 0 Å². The van der Waals surface area contributed by atoms with Crippen molar-refractivity contribution in [3.63, 3.8) is 0 Å². The van der Waals surface area contributed by atoms with Crippen LogP contribution in [0, 0.1) is 12.3 Å². The highest BCUT2D eigenvalue weighted by atomic mass is 32.2. The molecule has 0 amide bonds. The largest absolute Gasteiger partial charge is 0.478 e. The number of hydrogen-bond donors (Lipinski definition) is 1. The fourth-order valence-electron chi connectivity index (χ4n) is 0.779. The van der Waals surface area contributed by atoms with Crippen molar-refractivity contribution < 1.29 is 9.90 Å². The molecule has 0 saturated heterocycles. The van der Waals surface area contributed by atoms with E-state index in [1.165, 1.54) is 17.8 Å². The summed E-state index contributed by atoms with van der Waals surface area (Å²) in [5.41, 5.74) is 0.197. The van der Waals surface area contributed by atoms with Crippen molar-refractivity contribution in [2.75, 3.05) is 5.75 Å². The molecule has 0 fully saturated rings. The van der Waals surface area contributed by atoms with E-state index in [9.17, 15) is 4.79 Å². The molecule has 0 spiro atoms. The molecule has 1 aromatic heterocycles. The molecular weight excluding hydrogens is 186 g/mol. The van der Waals surface area contributed by atoms with Crippen LogP contribution >= 0.6 is 11.8 Å². The van der Waals surface area contributed by atoms with Crippen molar-refractivity contribution in [1.82, 2.24) is 4.98 Å². The summed E-state index contributed by atoms with van der Waals surface area (Å²) < 4.78 is 0. The number of terminal acetylenes is 1. The van der Waals surface area contributed by atoms with Crippen molar-refractivity contribution in [2.45, 2.75) is 5.03 Å². The molecule has 4 heteroatoms. The molecule has 0 bridgehead atoms. The highest BCUT2D eigenvalue weighted by Crippen LogP contribution is 2.18. The fraction of sp³-hybridized carbons (Fsp3) is 0.111. The SMILES string of the molecule is C#CCSc1ncccc1C(=O)O. The molecule has 13 heavy (non-hydrogen) atoms. The number of pyridine rings is 1. The van der Waals surface area contributed by atoms with Crippen LogP contribution < -0.4 is 0 Å². The Balaban J connectivity index is 2.92. The molecular formula is C9H7NO2S. The molecule has 0 aliphatic heterocycles. The van der Waals surface area contributed by atoms with Crippen molar-refractivity contribution >= 4 is 17.7 Å². The average Bonchev–Trinajstić information content (AvgIpc) is 2.15. The Morgan fingerprint density at radius 2 is 2.54 bits per heavy atom. The van der Waals surface area contributed by atoms with E-state index in [0.29, 0.717) is 10.8 Å². The zero-order valence-electron chi connectivity index (χ0n) is 6.73. The van der Waals surface area contributed by atoms with Crippen LogP contribution in [0.1, 0.15) is 10.4 Å². The first-order chi connectivity index (χ1) is 6.25. The Kier molecular flexibility index (Phi) is 3.35. The van der Waals surface area contributed by atoms with Gasteiger partial charge in [0, 0.05) is 6.20 Å². The van der Waals surface area contributed by atoms with Gasteiger partial charge in [-0.1, -0.05) is 17.7 Å². The zero-order chi connectivity index (χ0) is 9.68. The Bertz CT molecular complexity index is 357. The van der Waals surface area contributed by atoms with Crippen molar-refractivity contribution in [1.29, 1.82) is 0 Å². The number of carbonyl (C=O) groups is 1. The minimum Gasteiger partial charge on any atom is -0.478 e. The van der Waals surface area contributed by atoms with Gasteiger partial charge in [0.1, 0.15) is 5.03 Å². The normalized spacial score (nSPS) is 9.15. The number of carboxylic acid groups (broad SMARTS) is 1. The number of aromatic carboxylic acids is 1. The third-order valence-electron chi connectivity index (χ3n) is 1.29. The lowest BCUT2D eigenvalue weighted by atomic mass is 10.3. The molecule has 0 radical (unpaired) electrons. The van der Waals surface area contributed by atoms with Gasteiger partial charge in [-0.25, -0.2) is 9.78 Å². The first kappa shape index (κ1) is 9.62. The van der Waals surface area contributed by atoms with Gasteiger partial charge in [-0.05, 0) is 12.1 Å². The summed E-state index contributed by atoms with van der Waals surface area (Å²) >= 11 is 1.25. The van der Waals surface area contributed by atoms with Crippen LogP contribution in [0.25, 0.3) is 0 Å². The number of thioether (sulfide) groups is 1. The van der Waals surface area contributed by atoms with Gasteiger partial charge in [-0.15, -0.1) is 6.42 Å². The van der Waals surface area contributed by atoms with Gasteiger partial charge in [-0.2, -0.15) is 0 Å². The minimum atomic E-state index is -0.979. The molecule has 0 aliphatic rings. The standard InChI is InChI=1S/C9H7NO2S/c1-2-6-13-8-7(9(11)12)4-3-5-10-8/h1,3-5H,6H2,(H,11,12). The second-order valence-electron chi connectivity index (χ2n) is 2.15. The lowest BCUT2D eigenvalue weighted by Gasteiger charge is -2.00. The van der Waals surface area contributed by atoms with Gasteiger partial charge in [0.25, 0.3) is 0 Å². The summed E-state index contributed by atoms with van der Waals surface area (Å²) in [5, 5.41) is 9.23. The van der Waals surface area contributed by atoms with Gasteiger partial charge in [0.05, 0.1) is 11.3 Å². The van der Waals surface area contributed by atoms with Crippen molar-refractivity contribution in [3.05, 3.63) is 23.9 Å². The summed E-state index contributed by atoms with van der Waals surface area (Å²) in [6.07, 6.45) is 6.60. The maximum Gasteiger partial charge on any atom is 0.338 e. The maximum absolute atomic E-state index is 10.7. The molecule has 3 nitrogen and oxygen atoms in total. The van der Waals surface area contributed by atoms with Crippen molar-refractivity contribution in [3.8, 4) is 12.3 Å². The maximum atomic E-state index is 10.7. The summed E-state index contributed by atoms with van der Waals surface area (Å²) in [4.78, 5) is 14.6. The monoisotopic (exact) mass is 193 g/mol. The van der Waals surface area contributed by atoms with Gasteiger partial charge < -0.3 is 5.11 Å². The molecule has 1 aromatic rings. The highest BCUT2D eigenvalue weighted by molar-refractivity contribution is 7.99. The Morgan fingerprint density at radius 3 is 3.15 bits per heavy atom. The number of aromatic nitrogens is 1. The second kappa shape index (κ2) is 4.53. The molecule has 66 valence electrons. The topological polar surface area (TPSA) is 50.2 Å². The van der Waals surface area contributed by atoms with Crippen LogP contribution in [0.3, 0.4) is 0 Å². The number of carboxylic acids is 1. The first-order valence-electron chi connectivity index (χ1n) is 3.50. The molecule has 1 rings (SSSR count). The summed E-state index contributed by atoms with van der Waals surface area (Å²) in [5.74, 6) is 1.86. The van der Waals surface area contributed by atoms with E-state index < -0.39 is 5.97 Å². The predicted octanol–water partition coefficient (Wildman–Crippen LogP) is 1.51. The first-order valence-corrected chi connectivity index (χ1v) is 4.49. The number of rotatable bonds is 3. The molecule has 0 aromatic carbocycles. The molecule has 0 unspecified atom stereocenters. The van der Waals surface area contributed by atoms with E-state index in [-0.39, 0.29) is 5.56 Å². The quantitative estimate of drug-likeness (QED) is 0.584. The van der Waals surface area contributed by atoms with E-state index in [1.54, 1.807) is 12.3 Å². The van der Waals surface area contributed by atoms with Crippen LogP contribution in [0.15, 0.2) is 23.4 Å². The summed E-state index contributed by atoms with van der Waals surface area (Å²) in [6.45, 7) is 0. The Morgan fingerprint density at radius 1 is 1.77 bits per heavy atom. The lowest BCUT2D eigenvalue weighted by Crippen LogP contribution is -2.00. The smallest absolute Gasteiger partial charge is 0.338 e. The lowest BCUT2D eigenvalue weighted by molar-refractivity contribution is 0.0692. The number of hydrogen-bond acceptors (Lipinski definition) is 3. The third kappa shape index (κ3) is 2.49. The van der Waals surface area contributed by atoms with Crippen molar-refractivity contribution in [2.24, 2.45) is 0 Å². The fourth-order valence-corrected chi connectivity index (χ4v) is 1.44. The predicted molar refractivity (Wildman–Crippen MR) is 50.8 cm³/mol. The van der Waals surface area contributed by atoms with E-state index in [0.717, 1.165) is 0 Å². The van der Waals surface area contributed by atoms with Crippen LogP contribution in [0.5, 0.6) is 0 Å². The summed E-state index contributed by atoms with van der Waals surface area (Å²) in [6, 6.07) is 3.09. The average molecular weight is 193 g/mol. The third-order valence-corrected chi connectivity index (χ3v) is 2.20. The molecule has 0 aliphatic carbocycles. The van der Waals surface area contributed by atoms with E-state index in [4.69, 9.17) is 11.5 Å². The van der Waals surface area contributed by atoms with E-state index >= 15 is 0 Å². The number of nitrogens with zero attached hydrogens (tertiary/aromatic N) is 1. The minimum absolute atomic E-state index is 0.197. The van der Waals surface area contributed by atoms with Crippen LogP contribution in [-0.2, 0) is 0 Å². The highest BCUT2D eigenvalue weighted by Gasteiger charge is 2.09. The second-order valence-corrected chi connectivity index (χ2v) is 3.12. The zero-order valence-corrected chi connectivity index (χ0v) is 7.54. The van der Waals surface area contributed by atoms with Gasteiger partial charge in [-0.3, -0.25) is 0 Å². The van der Waals surface area contributed by atoms with Gasteiger partial charge in [0.15, 0.2) is 0 Å².